The predicted molar refractivity (Wildman–Crippen MR) is 89.9 cm³/mol. The highest BCUT2D eigenvalue weighted by Crippen LogP contribution is 2.35. The molecular weight excluding hydrogens is 387 g/mol. The summed E-state index contributed by atoms with van der Waals surface area (Å²) in [5.74, 6) is -2.23. The van der Waals surface area contributed by atoms with Crippen molar-refractivity contribution < 1.29 is 27.9 Å². The lowest BCUT2D eigenvalue weighted by molar-refractivity contribution is -0.143. The largest absolute Gasteiger partial charge is 0.480 e. The molecule has 1 unspecified atom stereocenters. The van der Waals surface area contributed by atoms with Gasteiger partial charge in [-0.15, -0.1) is 0 Å². The number of alkyl halides is 3. The molecule has 0 spiro atoms. The van der Waals surface area contributed by atoms with E-state index in [1.54, 1.807) is 0 Å². The van der Waals surface area contributed by atoms with Crippen molar-refractivity contribution in [3.8, 4) is 5.69 Å². The molecule has 2 heterocycles. The number of hydrogen-bond donors (Lipinski definition) is 1. The van der Waals surface area contributed by atoms with Gasteiger partial charge in [0, 0.05) is 11.6 Å². The lowest BCUT2D eigenvalue weighted by Crippen LogP contribution is -2.48. The Labute approximate surface area is 157 Å². The third kappa shape index (κ3) is 3.78. The minimum atomic E-state index is -4.87. The number of benzene rings is 1. The van der Waals surface area contributed by atoms with E-state index < -0.39 is 35.4 Å². The minimum absolute atomic E-state index is 0.0826. The summed E-state index contributed by atoms with van der Waals surface area (Å²) in [7, 11) is 0. The monoisotopic (exact) mass is 401 g/mol. The molecular formula is C17H15ClF3N3O3. The highest BCUT2D eigenvalue weighted by Gasteiger charge is 2.43. The van der Waals surface area contributed by atoms with Crippen LogP contribution in [-0.2, 0) is 11.0 Å². The second-order valence-electron chi connectivity index (χ2n) is 6.14. The van der Waals surface area contributed by atoms with E-state index in [-0.39, 0.29) is 18.7 Å². The first-order valence-electron chi connectivity index (χ1n) is 8.15. The number of carboxylic acids is 1. The van der Waals surface area contributed by atoms with Gasteiger partial charge in [-0.05, 0) is 43.5 Å². The molecule has 27 heavy (non-hydrogen) atoms. The zero-order chi connectivity index (χ0) is 19.8. The summed E-state index contributed by atoms with van der Waals surface area (Å²) < 4.78 is 41.8. The maximum Gasteiger partial charge on any atom is 0.434 e. The van der Waals surface area contributed by atoms with Crippen LogP contribution in [0.3, 0.4) is 0 Å². The number of carboxylic acid groups (broad SMARTS) is 1. The Kier molecular flexibility index (Phi) is 5.14. The molecule has 0 aliphatic carbocycles. The number of nitrogens with zero attached hydrogens (tertiary/aromatic N) is 3. The highest BCUT2D eigenvalue weighted by molar-refractivity contribution is 6.30. The van der Waals surface area contributed by atoms with E-state index in [1.807, 2.05) is 0 Å². The average Bonchev–Trinajstić information content (AvgIpc) is 3.07. The fourth-order valence-corrected chi connectivity index (χ4v) is 3.27. The molecule has 1 aromatic carbocycles. The van der Waals surface area contributed by atoms with Crippen LogP contribution >= 0.6 is 11.6 Å². The highest BCUT2D eigenvalue weighted by atomic mass is 35.5. The van der Waals surface area contributed by atoms with Crippen molar-refractivity contribution >= 4 is 23.5 Å². The Bertz CT molecular complexity index is 865. The van der Waals surface area contributed by atoms with Crippen molar-refractivity contribution in [2.45, 2.75) is 31.5 Å². The molecule has 2 aromatic rings. The Hall–Kier alpha value is -2.55. The molecule has 1 saturated heterocycles. The lowest BCUT2D eigenvalue weighted by Gasteiger charge is -2.33. The van der Waals surface area contributed by atoms with Gasteiger partial charge in [-0.1, -0.05) is 11.6 Å². The summed E-state index contributed by atoms with van der Waals surface area (Å²) in [5.41, 5.74) is -1.84. The Morgan fingerprint density at radius 3 is 2.44 bits per heavy atom. The van der Waals surface area contributed by atoms with Crippen LogP contribution in [0.4, 0.5) is 13.2 Å². The van der Waals surface area contributed by atoms with Gasteiger partial charge in [0.1, 0.15) is 6.04 Å². The summed E-state index contributed by atoms with van der Waals surface area (Å²) in [6.07, 6.45) is -2.71. The van der Waals surface area contributed by atoms with Crippen LogP contribution in [0, 0.1) is 0 Å². The van der Waals surface area contributed by atoms with E-state index in [2.05, 4.69) is 5.10 Å². The van der Waals surface area contributed by atoms with E-state index >= 15 is 0 Å². The number of aromatic nitrogens is 2. The fourth-order valence-electron chi connectivity index (χ4n) is 3.14. The molecule has 1 atom stereocenters. The zero-order valence-corrected chi connectivity index (χ0v) is 14.7. The van der Waals surface area contributed by atoms with E-state index in [9.17, 15) is 27.9 Å². The van der Waals surface area contributed by atoms with Gasteiger partial charge in [-0.25, -0.2) is 9.48 Å². The summed E-state index contributed by atoms with van der Waals surface area (Å²) in [6, 6.07) is 4.36. The molecule has 3 rings (SSSR count). The number of carbonyl (C=O) groups is 2. The van der Waals surface area contributed by atoms with Crippen molar-refractivity contribution in [3.63, 3.8) is 0 Å². The van der Waals surface area contributed by atoms with Crippen LogP contribution in [0.5, 0.6) is 0 Å². The quantitative estimate of drug-likeness (QED) is 0.852. The standard InChI is InChI=1S/C17H15ClF3N3O3/c18-10-4-6-11(7-5-10)24-14(17(19,20)21)12(9-22-24)15(25)23-8-2-1-3-13(23)16(26)27/h4-7,9,13H,1-3,8H2,(H,26,27). The third-order valence-electron chi connectivity index (χ3n) is 4.39. The number of halogens is 4. The number of piperidine rings is 1. The topological polar surface area (TPSA) is 75.4 Å². The van der Waals surface area contributed by atoms with Gasteiger partial charge in [0.05, 0.1) is 17.4 Å². The summed E-state index contributed by atoms with van der Waals surface area (Å²) >= 11 is 5.76. The molecule has 10 heteroatoms. The number of hydrogen-bond acceptors (Lipinski definition) is 3. The molecule has 1 fully saturated rings. The molecule has 0 radical (unpaired) electrons. The molecule has 144 valence electrons. The van der Waals surface area contributed by atoms with Gasteiger partial charge in [0.25, 0.3) is 5.91 Å². The van der Waals surface area contributed by atoms with Gasteiger partial charge < -0.3 is 10.0 Å². The molecule has 0 saturated carbocycles. The van der Waals surface area contributed by atoms with Crippen molar-refractivity contribution in [2.24, 2.45) is 0 Å². The number of carbonyl (C=O) groups excluding carboxylic acids is 1. The van der Waals surface area contributed by atoms with Crippen molar-refractivity contribution in [1.82, 2.24) is 14.7 Å². The normalized spacial score (nSPS) is 17.8. The maximum absolute atomic E-state index is 13.7. The van der Waals surface area contributed by atoms with Gasteiger partial charge in [-0.3, -0.25) is 4.79 Å². The minimum Gasteiger partial charge on any atom is -0.480 e. The van der Waals surface area contributed by atoms with E-state index in [0.29, 0.717) is 22.5 Å². The second-order valence-corrected chi connectivity index (χ2v) is 6.58. The summed E-state index contributed by atoms with van der Waals surface area (Å²) in [5, 5.41) is 13.4. The smallest absolute Gasteiger partial charge is 0.434 e. The van der Waals surface area contributed by atoms with Gasteiger partial charge in [0.15, 0.2) is 5.69 Å². The van der Waals surface area contributed by atoms with Crippen molar-refractivity contribution in [1.29, 1.82) is 0 Å². The predicted octanol–water partition coefficient (Wildman–Crippen LogP) is 3.62. The molecule has 1 aromatic heterocycles. The van der Waals surface area contributed by atoms with Crippen LogP contribution in [0.25, 0.3) is 5.69 Å². The molecule has 1 N–H and O–H groups in total. The van der Waals surface area contributed by atoms with E-state index in [0.717, 1.165) is 11.1 Å². The van der Waals surface area contributed by atoms with Gasteiger partial charge >= 0.3 is 12.1 Å². The fraction of sp³-hybridized carbons (Fsp3) is 0.353. The zero-order valence-electron chi connectivity index (χ0n) is 13.9. The van der Waals surface area contributed by atoms with E-state index in [1.165, 1.54) is 24.3 Å². The van der Waals surface area contributed by atoms with Gasteiger partial charge in [0.2, 0.25) is 0 Å². The van der Waals surface area contributed by atoms with Crippen LogP contribution < -0.4 is 0 Å². The van der Waals surface area contributed by atoms with E-state index in [4.69, 9.17) is 11.6 Å². The number of aliphatic carboxylic acids is 1. The molecule has 1 amide bonds. The first-order valence-corrected chi connectivity index (χ1v) is 8.53. The Morgan fingerprint density at radius 2 is 1.85 bits per heavy atom. The molecule has 0 bridgehead atoms. The van der Waals surface area contributed by atoms with Crippen LogP contribution in [-0.4, -0.2) is 44.3 Å². The SMILES string of the molecule is O=C(O)C1CCCCN1C(=O)c1cnn(-c2ccc(Cl)cc2)c1C(F)(F)F. The second kappa shape index (κ2) is 7.22. The van der Waals surface area contributed by atoms with Crippen LogP contribution in [0.15, 0.2) is 30.5 Å². The Morgan fingerprint density at radius 1 is 1.19 bits per heavy atom. The van der Waals surface area contributed by atoms with Crippen molar-refractivity contribution in [3.05, 3.63) is 46.7 Å². The first kappa shape index (κ1) is 19.2. The summed E-state index contributed by atoms with van der Waals surface area (Å²) in [4.78, 5) is 25.1. The van der Waals surface area contributed by atoms with Crippen LogP contribution in [0.1, 0.15) is 35.3 Å². The first-order chi connectivity index (χ1) is 12.7. The maximum atomic E-state index is 13.7. The number of amides is 1. The Balaban J connectivity index is 2.06. The lowest BCUT2D eigenvalue weighted by atomic mass is 10.0. The summed E-state index contributed by atoms with van der Waals surface area (Å²) in [6.45, 7) is 0.0826. The van der Waals surface area contributed by atoms with Crippen molar-refractivity contribution in [2.75, 3.05) is 6.54 Å². The number of rotatable bonds is 3. The average molecular weight is 402 g/mol. The number of likely N-dealkylation sites (tertiary alicyclic amines) is 1. The molecule has 1 aliphatic rings. The molecule has 1 aliphatic heterocycles. The van der Waals surface area contributed by atoms with Crippen LogP contribution in [0.2, 0.25) is 5.02 Å². The molecule has 6 nitrogen and oxygen atoms in total. The van der Waals surface area contributed by atoms with Gasteiger partial charge in [-0.2, -0.15) is 18.3 Å². The third-order valence-corrected chi connectivity index (χ3v) is 4.64.